The molecule has 1 atom stereocenters. The van der Waals surface area contributed by atoms with Gasteiger partial charge in [0.15, 0.2) is 18.2 Å². The molecule has 0 spiro atoms. The first-order valence-corrected chi connectivity index (χ1v) is 7.36. The SMILES string of the molecule is COCC1(C(=O)O)CCCN(C(=O)COc2ccccc2F)C1. The second-order valence-electron chi connectivity index (χ2n) is 5.66. The van der Waals surface area contributed by atoms with Gasteiger partial charge in [-0.05, 0) is 25.0 Å². The summed E-state index contributed by atoms with van der Waals surface area (Å²) in [6.07, 6.45) is 1.02. The number of carboxylic acid groups (broad SMARTS) is 1. The van der Waals surface area contributed by atoms with Crippen molar-refractivity contribution in [3.8, 4) is 5.75 Å². The number of likely N-dealkylation sites (tertiary alicyclic amines) is 1. The molecule has 1 saturated heterocycles. The third-order valence-electron chi connectivity index (χ3n) is 3.99. The molecule has 0 saturated carbocycles. The van der Waals surface area contributed by atoms with E-state index >= 15 is 0 Å². The molecule has 1 N–H and O–H groups in total. The molecule has 1 aliphatic heterocycles. The molecular weight excluding hydrogens is 305 g/mol. The number of carbonyl (C=O) groups is 2. The van der Waals surface area contributed by atoms with Crippen molar-refractivity contribution in [1.82, 2.24) is 4.90 Å². The number of amides is 1. The normalized spacial score (nSPS) is 21.0. The number of aliphatic carboxylic acids is 1. The fraction of sp³-hybridized carbons (Fsp3) is 0.500. The number of rotatable bonds is 6. The quantitative estimate of drug-likeness (QED) is 0.859. The Labute approximate surface area is 133 Å². The molecule has 0 aliphatic carbocycles. The number of piperidine rings is 1. The molecule has 0 bridgehead atoms. The van der Waals surface area contributed by atoms with Gasteiger partial charge in [-0.1, -0.05) is 12.1 Å². The monoisotopic (exact) mass is 325 g/mol. The molecular formula is C16H20FNO5. The van der Waals surface area contributed by atoms with Crippen molar-refractivity contribution >= 4 is 11.9 Å². The Morgan fingerprint density at radius 3 is 2.78 bits per heavy atom. The molecule has 1 aromatic carbocycles. The first-order valence-electron chi connectivity index (χ1n) is 7.36. The first kappa shape index (κ1) is 17.2. The summed E-state index contributed by atoms with van der Waals surface area (Å²) < 4.78 is 23.7. The maximum atomic E-state index is 13.5. The molecule has 126 valence electrons. The van der Waals surface area contributed by atoms with Gasteiger partial charge in [0.1, 0.15) is 5.41 Å². The number of nitrogens with zero attached hydrogens (tertiary/aromatic N) is 1. The summed E-state index contributed by atoms with van der Waals surface area (Å²) in [7, 11) is 1.44. The highest BCUT2D eigenvalue weighted by atomic mass is 19.1. The summed E-state index contributed by atoms with van der Waals surface area (Å²) in [6.45, 7) is 0.234. The van der Waals surface area contributed by atoms with Crippen LogP contribution in [0.4, 0.5) is 4.39 Å². The van der Waals surface area contributed by atoms with E-state index in [1.54, 1.807) is 6.07 Å². The van der Waals surface area contributed by atoms with Gasteiger partial charge in [0, 0.05) is 20.2 Å². The van der Waals surface area contributed by atoms with E-state index in [4.69, 9.17) is 9.47 Å². The van der Waals surface area contributed by atoms with Gasteiger partial charge in [-0.3, -0.25) is 9.59 Å². The standard InChI is InChI=1S/C16H20FNO5/c1-22-11-16(15(20)21)7-4-8-18(10-16)14(19)9-23-13-6-3-2-5-12(13)17/h2-3,5-6H,4,7-11H2,1H3,(H,20,21). The van der Waals surface area contributed by atoms with Crippen LogP contribution in [0.1, 0.15) is 12.8 Å². The molecule has 1 amide bonds. The summed E-state index contributed by atoms with van der Waals surface area (Å²) in [4.78, 5) is 25.2. The van der Waals surface area contributed by atoms with E-state index in [2.05, 4.69) is 0 Å². The molecule has 0 aromatic heterocycles. The molecule has 0 radical (unpaired) electrons. The Kier molecular flexibility index (Phi) is 5.54. The topological polar surface area (TPSA) is 76.1 Å². The lowest BCUT2D eigenvalue weighted by molar-refractivity contribution is -0.159. The largest absolute Gasteiger partial charge is 0.481 e. The van der Waals surface area contributed by atoms with Crippen molar-refractivity contribution in [2.45, 2.75) is 12.8 Å². The fourth-order valence-corrected chi connectivity index (χ4v) is 2.77. The summed E-state index contributed by atoms with van der Waals surface area (Å²) in [5.74, 6) is -1.89. The number of ether oxygens (including phenoxy) is 2. The van der Waals surface area contributed by atoms with E-state index in [-0.39, 0.29) is 31.4 Å². The number of hydrogen-bond acceptors (Lipinski definition) is 4. The second-order valence-corrected chi connectivity index (χ2v) is 5.66. The van der Waals surface area contributed by atoms with Crippen LogP contribution < -0.4 is 4.74 Å². The third-order valence-corrected chi connectivity index (χ3v) is 3.99. The molecule has 1 heterocycles. The second kappa shape index (κ2) is 7.41. The van der Waals surface area contributed by atoms with E-state index < -0.39 is 17.2 Å². The van der Waals surface area contributed by atoms with E-state index in [1.165, 1.54) is 30.2 Å². The zero-order chi connectivity index (χ0) is 16.9. The van der Waals surface area contributed by atoms with Crippen LogP contribution in [0.25, 0.3) is 0 Å². The number of carbonyl (C=O) groups excluding carboxylic acids is 1. The summed E-state index contributed by atoms with van der Waals surface area (Å²) in [5, 5.41) is 9.46. The van der Waals surface area contributed by atoms with Crippen LogP contribution in [0.15, 0.2) is 24.3 Å². The Morgan fingerprint density at radius 1 is 1.39 bits per heavy atom. The van der Waals surface area contributed by atoms with Crippen LogP contribution in [0.5, 0.6) is 5.75 Å². The maximum Gasteiger partial charge on any atom is 0.313 e. The Balaban J connectivity index is 1.99. The lowest BCUT2D eigenvalue weighted by Crippen LogP contribution is -2.53. The number of carboxylic acids is 1. The lowest BCUT2D eigenvalue weighted by Gasteiger charge is -2.39. The number of methoxy groups -OCH3 is 1. The van der Waals surface area contributed by atoms with Crippen molar-refractivity contribution in [1.29, 1.82) is 0 Å². The van der Waals surface area contributed by atoms with E-state index in [0.717, 1.165) is 0 Å². The smallest absolute Gasteiger partial charge is 0.313 e. The lowest BCUT2D eigenvalue weighted by atomic mass is 9.80. The molecule has 2 rings (SSSR count). The highest BCUT2D eigenvalue weighted by Crippen LogP contribution is 2.31. The van der Waals surface area contributed by atoms with Crippen LogP contribution >= 0.6 is 0 Å². The number of hydrogen-bond donors (Lipinski definition) is 1. The van der Waals surface area contributed by atoms with E-state index in [1.807, 2.05) is 0 Å². The van der Waals surface area contributed by atoms with Gasteiger partial charge < -0.3 is 19.5 Å². The Bertz CT molecular complexity index is 575. The predicted octanol–water partition coefficient (Wildman–Crippen LogP) is 1.54. The number of para-hydroxylation sites is 1. The van der Waals surface area contributed by atoms with Gasteiger partial charge in [0.2, 0.25) is 0 Å². The van der Waals surface area contributed by atoms with Crippen LogP contribution in [0.3, 0.4) is 0 Å². The molecule has 6 nitrogen and oxygen atoms in total. The minimum absolute atomic E-state index is 0.000696. The van der Waals surface area contributed by atoms with Gasteiger partial charge in [-0.15, -0.1) is 0 Å². The molecule has 1 aliphatic rings. The predicted molar refractivity (Wildman–Crippen MR) is 79.7 cm³/mol. The van der Waals surface area contributed by atoms with Crippen molar-refractivity contribution < 1.29 is 28.6 Å². The van der Waals surface area contributed by atoms with Crippen molar-refractivity contribution in [2.75, 3.05) is 33.4 Å². The van der Waals surface area contributed by atoms with Gasteiger partial charge in [-0.2, -0.15) is 0 Å². The van der Waals surface area contributed by atoms with Crippen LogP contribution in [0, 0.1) is 11.2 Å². The molecule has 1 fully saturated rings. The Hall–Kier alpha value is -2.15. The fourth-order valence-electron chi connectivity index (χ4n) is 2.77. The molecule has 23 heavy (non-hydrogen) atoms. The van der Waals surface area contributed by atoms with Crippen molar-refractivity contribution in [2.24, 2.45) is 5.41 Å². The summed E-state index contributed by atoms with van der Waals surface area (Å²) in [5.41, 5.74) is -1.10. The van der Waals surface area contributed by atoms with Crippen LogP contribution in [-0.4, -0.2) is 55.3 Å². The summed E-state index contributed by atoms with van der Waals surface area (Å²) in [6, 6.07) is 5.82. The van der Waals surface area contributed by atoms with Crippen LogP contribution in [-0.2, 0) is 14.3 Å². The minimum Gasteiger partial charge on any atom is -0.481 e. The van der Waals surface area contributed by atoms with Gasteiger partial charge in [0.05, 0.1) is 6.61 Å². The highest BCUT2D eigenvalue weighted by molar-refractivity contribution is 5.80. The van der Waals surface area contributed by atoms with E-state index in [0.29, 0.717) is 19.4 Å². The van der Waals surface area contributed by atoms with Crippen LogP contribution in [0.2, 0.25) is 0 Å². The summed E-state index contributed by atoms with van der Waals surface area (Å²) >= 11 is 0. The van der Waals surface area contributed by atoms with E-state index in [9.17, 15) is 19.1 Å². The van der Waals surface area contributed by atoms with Gasteiger partial charge in [-0.25, -0.2) is 4.39 Å². The Morgan fingerprint density at radius 2 is 2.13 bits per heavy atom. The maximum absolute atomic E-state index is 13.5. The zero-order valence-corrected chi connectivity index (χ0v) is 13.0. The van der Waals surface area contributed by atoms with Crippen molar-refractivity contribution in [3.05, 3.63) is 30.1 Å². The molecule has 7 heteroatoms. The zero-order valence-electron chi connectivity index (χ0n) is 13.0. The van der Waals surface area contributed by atoms with Gasteiger partial charge >= 0.3 is 5.97 Å². The minimum atomic E-state index is -1.10. The highest BCUT2D eigenvalue weighted by Gasteiger charge is 2.43. The van der Waals surface area contributed by atoms with Gasteiger partial charge in [0.25, 0.3) is 5.91 Å². The average molecular weight is 325 g/mol. The number of benzene rings is 1. The first-order chi connectivity index (χ1) is 11.0. The van der Waals surface area contributed by atoms with Crippen molar-refractivity contribution in [3.63, 3.8) is 0 Å². The molecule has 1 unspecified atom stereocenters. The third kappa shape index (κ3) is 3.98. The number of halogens is 1. The average Bonchev–Trinajstić information content (AvgIpc) is 2.54. The molecule has 1 aromatic rings.